The Kier molecular flexibility index (Phi) is 5.69. The van der Waals surface area contributed by atoms with Crippen LogP contribution in [-0.2, 0) is 9.53 Å². The zero-order chi connectivity index (χ0) is 11.1. The van der Waals surface area contributed by atoms with Gasteiger partial charge in [-0.05, 0) is 51.2 Å². The van der Waals surface area contributed by atoms with Crippen LogP contribution in [0.25, 0.3) is 0 Å². The molecular weight excluding hydrogens is 190 g/mol. The Morgan fingerprint density at radius 1 is 1.33 bits per heavy atom. The molecule has 0 aromatic heterocycles. The van der Waals surface area contributed by atoms with Gasteiger partial charge in [-0.25, -0.2) is 0 Å². The smallest absolute Gasteiger partial charge is 0.305 e. The number of hydrogen-bond donors (Lipinski definition) is 0. The average Bonchev–Trinajstić information content (AvgIpc) is 2.26. The molecule has 3 nitrogen and oxygen atoms in total. The number of nitrogens with zero attached hydrogens (tertiary/aromatic N) is 1. The molecule has 0 spiro atoms. The molecule has 15 heavy (non-hydrogen) atoms. The summed E-state index contributed by atoms with van der Waals surface area (Å²) in [7, 11) is 1.45. The first-order valence-electron chi connectivity index (χ1n) is 6.01. The molecule has 88 valence electrons. The van der Waals surface area contributed by atoms with Gasteiger partial charge in [-0.1, -0.05) is 6.92 Å². The number of carbonyl (C=O) groups excluding carboxylic acids is 1. The van der Waals surface area contributed by atoms with Crippen LogP contribution in [-0.4, -0.2) is 37.6 Å². The standard InChI is InChI=1S/C12H23NO2/c1-11-6-9-13(10-7-11)8-4-3-5-12(14)15-2/h11H,3-10H2,1-2H3. The number of esters is 1. The average molecular weight is 213 g/mol. The van der Waals surface area contributed by atoms with Crippen LogP contribution in [0.3, 0.4) is 0 Å². The van der Waals surface area contributed by atoms with E-state index in [1.807, 2.05) is 0 Å². The van der Waals surface area contributed by atoms with E-state index in [9.17, 15) is 4.79 Å². The number of hydrogen-bond acceptors (Lipinski definition) is 3. The van der Waals surface area contributed by atoms with Crippen molar-refractivity contribution >= 4 is 5.97 Å². The maximum absolute atomic E-state index is 10.9. The zero-order valence-electron chi connectivity index (χ0n) is 10.00. The second kappa shape index (κ2) is 6.83. The molecule has 1 aliphatic rings. The lowest BCUT2D eigenvalue weighted by Crippen LogP contribution is -2.33. The Bertz CT molecular complexity index is 186. The lowest BCUT2D eigenvalue weighted by Gasteiger charge is -2.30. The van der Waals surface area contributed by atoms with Crippen molar-refractivity contribution in [1.82, 2.24) is 4.90 Å². The first kappa shape index (κ1) is 12.5. The number of ether oxygens (including phenoxy) is 1. The van der Waals surface area contributed by atoms with Gasteiger partial charge < -0.3 is 9.64 Å². The van der Waals surface area contributed by atoms with E-state index in [4.69, 9.17) is 0 Å². The fourth-order valence-corrected chi connectivity index (χ4v) is 1.99. The summed E-state index contributed by atoms with van der Waals surface area (Å²) in [6.45, 7) is 5.94. The van der Waals surface area contributed by atoms with Crippen molar-refractivity contribution in [3.63, 3.8) is 0 Å². The first-order chi connectivity index (χ1) is 7.22. The van der Waals surface area contributed by atoms with E-state index in [2.05, 4.69) is 16.6 Å². The molecule has 0 unspecified atom stereocenters. The van der Waals surface area contributed by atoms with E-state index >= 15 is 0 Å². The maximum Gasteiger partial charge on any atom is 0.305 e. The predicted octanol–water partition coefficient (Wildman–Crippen LogP) is 2.06. The van der Waals surface area contributed by atoms with Gasteiger partial charge >= 0.3 is 5.97 Å². The summed E-state index contributed by atoms with van der Waals surface area (Å²) in [6, 6.07) is 0. The van der Waals surface area contributed by atoms with Crippen LogP contribution < -0.4 is 0 Å². The molecule has 0 atom stereocenters. The number of carbonyl (C=O) groups is 1. The lowest BCUT2D eigenvalue weighted by atomic mass is 9.99. The van der Waals surface area contributed by atoms with Gasteiger partial charge in [0.1, 0.15) is 0 Å². The molecule has 1 saturated heterocycles. The molecular formula is C12H23NO2. The van der Waals surface area contributed by atoms with E-state index < -0.39 is 0 Å². The van der Waals surface area contributed by atoms with Gasteiger partial charge in [-0.15, -0.1) is 0 Å². The summed E-state index contributed by atoms with van der Waals surface area (Å²) < 4.78 is 4.60. The van der Waals surface area contributed by atoms with Gasteiger partial charge in [-0.3, -0.25) is 4.79 Å². The third-order valence-electron chi connectivity index (χ3n) is 3.21. The van der Waals surface area contributed by atoms with Gasteiger partial charge in [0.25, 0.3) is 0 Å². The van der Waals surface area contributed by atoms with Crippen LogP contribution >= 0.6 is 0 Å². The van der Waals surface area contributed by atoms with Crippen molar-refractivity contribution < 1.29 is 9.53 Å². The van der Waals surface area contributed by atoms with E-state index in [-0.39, 0.29) is 5.97 Å². The van der Waals surface area contributed by atoms with Crippen molar-refractivity contribution in [1.29, 1.82) is 0 Å². The van der Waals surface area contributed by atoms with Crippen LogP contribution in [0.2, 0.25) is 0 Å². The summed E-state index contributed by atoms with van der Waals surface area (Å²) in [4.78, 5) is 13.4. The van der Waals surface area contributed by atoms with Crippen molar-refractivity contribution in [2.45, 2.75) is 39.0 Å². The minimum atomic E-state index is -0.0812. The van der Waals surface area contributed by atoms with Gasteiger partial charge in [-0.2, -0.15) is 0 Å². The molecule has 3 heteroatoms. The van der Waals surface area contributed by atoms with E-state index in [0.717, 1.165) is 25.3 Å². The summed E-state index contributed by atoms with van der Waals surface area (Å²) >= 11 is 0. The van der Waals surface area contributed by atoms with Crippen molar-refractivity contribution in [3.05, 3.63) is 0 Å². The maximum atomic E-state index is 10.9. The fourth-order valence-electron chi connectivity index (χ4n) is 1.99. The minimum absolute atomic E-state index is 0.0812. The molecule has 0 bridgehead atoms. The van der Waals surface area contributed by atoms with Gasteiger partial charge in [0, 0.05) is 6.42 Å². The summed E-state index contributed by atoms with van der Waals surface area (Å²) in [5.74, 6) is 0.818. The largest absolute Gasteiger partial charge is 0.469 e. The first-order valence-corrected chi connectivity index (χ1v) is 6.01. The van der Waals surface area contributed by atoms with E-state index in [1.165, 1.54) is 33.0 Å². The van der Waals surface area contributed by atoms with Gasteiger partial charge in [0.2, 0.25) is 0 Å². The molecule has 0 aromatic carbocycles. The Labute approximate surface area is 92.8 Å². The predicted molar refractivity (Wildman–Crippen MR) is 60.7 cm³/mol. The number of rotatable bonds is 5. The number of unbranched alkanes of at least 4 members (excludes halogenated alkanes) is 1. The van der Waals surface area contributed by atoms with Gasteiger partial charge in [0.05, 0.1) is 7.11 Å². The summed E-state index contributed by atoms with van der Waals surface area (Å²) in [5.41, 5.74) is 0. The Morgan fingerprint density at radius 3 is 2.60 bits per heavy atom. The molecule has 0 saturated carbocycles. The minimum Gasteiger partial charge on any atom is -0.469 e. The zero-order valence-corrected chi connectivity index (χ0v) is 10.00. The topological polar surface area (TPSA) is 29.5 Å². The molecule has 0 radical (unpaired) electrons. The van der Waals surface area contributed by atoms with E-state index in [0.29, 0.717) is 6.42 Å². The number of methoxy groups -OCH3 is 1. The number of likely N-dealkylation sites (tertiary alicyclic amines) is 1. The van der Waals surface area contributed by atoms with Crippen LogP contribution in [0.5, 0.6) is 0 Å². The highest BCUT2D eigenvalue weighted by Gasteiger charge is 2.14. The highest BCUT2D eigenvalue weighted by molar-refractivity contribution is 5.68. The van der Waals surface area contributed by atoms with Crippen molar-refractivity contribution in [2.75, 3.05) is 26.7 Å². The third-order valence-corrected chi connectivity index (χ3v) is 3.21. The summed E-state index contributed by atoms with van der Waals surface area (Å²) in [5, 5.41) is 0. The summed E-state index contributed by atoms with van der Waals surface area (Å²) in [6.07, 6.45) is 5.30. The Balaban J connectivity index is 1.98. The van der Waals surface area contributed by atoms with Crippen LogP contribution in [0.4, 0.5) is 0 Å². The highest BCUT2D eigenvalue weighted by atomic mass is 16.5. The number of piperidine rings is 1. The molecule has 1 heterocycles. The highest BCUT2D eigenvalue weighted by Crippen LogP contribution is 2.16. The second-order valence-corrected chi connectivity index (χ2v) is 4.56. The molecule has 0 aliphatic carbocycles. The van der Waals surface area contributed by atoms with E-state index in [1.54, 1.807) is 0 Å². The van der Waals surface area contributed by atoms with Crippen molar-refractivity contribution in [3.8, 4) is 0 Å². The normalized spacial score (nSPS) is 19.1. The van der Waals surface area contributed by atoms with Crippen LogP contribution in [0.1, 0.15) is 39.0 Å². The SMILES string of the molecule is COC(=O)CCCCN1CCC(C)CC1. The van der Waals surface area contributed by atoms with Crippen LogP contribution in [0, 0.1) is 5.92 Å². The molecule has 0 amide bonds. The van der Waals surface area contributed by atoms with Gasteiger partial charge in [0.15, 0.2) is 0 Å². The van der Waals surface area contributed by atoms with Crippen molar-refractivity contribution in [2.24, 2.45) is 5.92 Å². The Hall–Kier alpha value is -0.570. The monoisotopic (exact) mass is 213 g/mol. The molecule has 0 N–H and O–H groups in total. The van der Waals surface area contributed by atoms with Crippen LogP contribution in [0.15, 0.2) is 0 Å². The molecule has 0 aromatic rings. The molecule has 1 aliphatic heterocycles. The quantitative estimate of drug-likeness (QED) is 0.517. The Morgan fingerprint density at radius 2 is 2.00 bits per heavy atom. The lowest BCUT2D eigenvalue weighted by molar-refractivity contribution is -0.140. The molecule has 1 rings (SSSR count). The molecule has 1 fully saturated rings. The third kappa shape index (κ3) is 5.17. The second-order valence-electron chi connectivity index (χ2n) is 4.56. The fraction of sp³-hybridized carbons (Fsp3) is 0.917.